The van der Waals surface area contributed by atoms with Crippen LogP contribution in [0.4, 0.5) is 0 Å². The second kappa shape index (κ2) is 77.8. The minimum Gasteiger partial charge on any atom is -0.462 e. The van der Waals surface area contributed by atoms with Crippen LogP contribution >= 0.6 is 15.6 Å². The zero-order valence-electron chi connectivity index (χ0n) is 66.1. The molecule has 0 aromatic heterocycles. The van der Waals surface area contributed by atoms with Gasteiger partial charge in [-0.05, 0) is 141 Å². The van der Waals surface area contributed by atoms with Crippen molar-refractivity contribution in [2.75, 3.05) is 39.6 Å². The van der Waals surface area contributed by atoms with E-state index in [0.29, 0.717) is 32.1 Å². The standard InChI is InChI=1S/C87H144O17P2/c1-5-9-13-17-21-25-29-33-37-39-40-42-46-48-52-56-60-64-68-72-85(90)98-78-83(104-87(92)74-70-66-62-58-54-50-44-36-32-28-24-20-16-12-8-4)80-102-106(95,96)100-76-81(88)75-99-105(93,94)101-79-82(103-86(91)73-69-65-61-57-53-49-43-35-31-27-23-19-15-11-7-3)77-97-84(89)71-67-63-59-55-51-47-45-41-38-34-30-26-22-18-14-10-6-2/h9-10,12-14,16,21-22,24-26,28,33-34,36-38,40,42,44-45,47-48,52,55,59,81-83,88H,5-8,11,15,17-20,23,27,29-32,35,39,41,43,46,49-51,53-54,56-58,60-80H2,1-4H3,(H,93,94)(H,95,96)/b13-9-,14-10-,16-12-,25-21-,26-22-,28-24-,37-33-,38-34-,42-40-,44-36-,47-45-,52-48-,59-55-. The summed E-state index contributed by atoms with van der Waals surface area (Å²) in [6.45, 7) is 4.43. The third-order valence-electron chi connectivity index (χ3n) is 16.5. The summed E-state index contributed by atoms with van der Waals surface area (Å²) in [6.07, 6.45) is 90.8. The molecule has 0 aliphatic rings. The monoisotopic (exact) mass is 1520 g/mol. The Hall–Kier alpha value is -5.32. The molecule has 5 atom stereocenters. The number of phosphoric ester groups is 2. The molecule has 0 aromatic rings. The predicted molar refractivity (Wildman–Crippen MR) is 436 cm³/mol. The first-order chi connectivity index (χ1) is 51.7. The highest BCUT2D eigenvalue weighted by atomic mass is 31.2. The summed E-state index contributed by atoms with van der Waals surface area (Å²) < 4.78 is 68.6. The maximum absolute atomic E-state index is 13.1. The molecule has 5 unspecified atom stereocenters. The van der Waals surface area contributed by atoms with Crippen LogP contribution in [0.1, 0.15) is 310 Å². The van der Waals surface area contributed by atoms with Gasteiger partial charge in [-0.15, -0.1) is 0 Å². The van der Waals surface area contributed by atoms with Crippen molar-refractivity contribution >= 4 is 39.5 Å². The molecule has 0 amide bonds. The Balaban J connectivity index is 5.46. The summed E-state index contributed by atoms with van der Waals surface area (Å²) >= 11 is 0. The van der Waals surface area contributed by atoms with E-state index in [4.69, 9.17) is 37.0 Å². The Morgan fingerprint density at radius 2 is 0.500 bits per heavy atom. The number of aliphatic hydroxyl groups is 1. The molecule has 106 heavy (non-hydrogen) atoms. The van der Waals surface area contributed by atoms with Gasteiger partial charge in [0.25, 0.3) is 0 Å². The minimum absolute atomic E-state index is 0.0617. The van der Waals surface area contributed by atoms with Crippen molar-refractivity contribution in [2.24, 2.45) is 0 Å². The van der Waals surface area contributed by atoms with Crippen LogP contribution in [0.2, 0.25) is 0 Å². The van der Waals surface area contributed by atoms with E-state index in [-0.39, 0.29) is 25.7 Å². The third-order valence-corrected chi connectivity index (χ3v) is 18.4. The lowest BCUT2D eigenvalue weighted by Crippen LogP contribution is -2.30. The van der Waals surface area contributed by atoms with Gasteiger partial charge in [0.15, 0.2) is 12.2 Å². The van der Waals surface area contributed by atoms with Gasteiger partial charge in [-0.1, -0.05) is 301 Å². The molecule has 0 spiro atoms. The van der Waals surface area contributed by atoms with Crippen molar-refractivity contribution in [2.45, 2.75) is 329 Å². The summed E-state index contributed by atoms with van der Waals surface area (Å²) in [7, 11) is -10.00. The van der Waals surface area contributed by atoms with Crippen LogP contribution in [0.15, 0.2) is 158 Å². The van der Waals surface area contributed by atoms with Crippen molar-refractivity contribution in [1.29, 1.82) is 0 Å². The fourth-order valence-electron chi connectivity index (χ4n) is 10.4. The summed E-state index contributed by atoms with van der Waals surface area (Å²) in [5.74, 6) is -2.30. The highest BCUT2D eigenvalue weighted by Crippen LogP contribution is 2.45. The third kappa shape index (κ3) is 76.9. The van der Waals surface area contributed by atoms with Gasteiger partial charge in [-0.3, -0.25) is 37.3 Å². The predicted octanol–water partition coefficient (Wildman–Crippen LogP) is 24.0. The molecule has 0 aliphatic heterocycles. The highest BCUT2D eigenvalue weighted by molar-refractivity contribution is 7.47. The average molecular weight is 1520 g/mol. The number of aliphatic hydroxyl groups excluding tert-OH is 1. The highest BCUT2D eigenvalue weighted by Gasteiger charge is 2.30. The van der Waals surface area contributed by atoms with E-state index in [1.807, 2.05) is 12.2 Å². The molecule has 0 aromatic carbocycles. The average Bonchev–Trinajstić information content (AvgIpc) is 0.909. The summed E-state index contributed by atoms with van der Waals surface area (Å²) in [6, 6.07) is 0. The largest absolute Gasteiger partial charge is 0.472 e. The van der Waals surface area contributed by atoms with E-state index in [1.54, 1.807) is 0 Å². The van der Waals surface area contributed by atoms with E-state index in [1.165, 1.54) is 64.2 Å². The number of unbranched alkanes of at least 4 members (excludes halogenated alkanes) is 23. The lowest BCUT2D eigenvalue weighted by molar-refractivity contribution is -0.161. The maximum atomic E-state index is 13.1. The van der Waals surface area contributed by atoms with E-state index in [2.05, 4.69) is 174 Å². The van der Waals surface area contributed by atoms with Crippen molar-refractivity contribution in [3.63, 3.8) is 0 Å². The number of carbonyl (C=O) groups excluding carboxylic acids is 4. The Kier molecular flexibility index (Phi) is 73.9. The molecule has 0 rings (SSSR count). The molecule has 0 saturated heterocycles. The van der Waals surface area contributed by atoms with Crippen molar-refractivity contribution in [3.8, 4) is 0 Å². The van der Waals surface area contributed by atoms with Gasteiger partial charge in [-0.25, -0.2) is 9.13 Å². The number of ether oxygens (including phenoxy) is 4. The van der Waals surface area contributed by atoms with Gasteiger partial charge in [-0.2, -0.15) is 0 Å². The normalized spacial score (nSPS) is 14.7. The molecule has 17 nitrogen and oxygen atoms in total. The van der Waals surface area contributed by atoms with E-state index < -0.39 is 97.5 Å². The van der Waals surface area contributed by atoms with Gasteiger partial charge in [0.2, 0.25) is 0 Å². The quantitative estimate of drug-likeness (QED) is 0.0169. The van der Waals surface area contributed by atoms with Crippen molar-refractivity contribution < 1.29 is 80.2 Å². The molecule has 0 aliphatic carbocycles. The lowest BCUT2D eigenvalue weighted by atomic mass is 10.0. The maximum Gasteiger partial charge on any atom is 0.472 e. The molecule has 0 saturated carbocycles. The van der Waals surface area contributed by atoms with Gasteiger partial charge in [0.05, 0.1) is 26.4 Å². The molecule has 19 heteroatoms. The SMILES string of the molecule is CC/C=C\C/C=C\C/C=C\C/C=C\C/C=C\CCCCCC(=O)OCC(COP(=O)(O)OCC(O)COP(=O)(O)OCC(COC(=O)CCC/C=C\C/C=C\C/C=C\C/C=C\C/C=C\CC)OC(=O)CCCCCCCCCCCCCCCCC)OC(=O)CCCCCCC/C=C\C/C=C\C/C=C\CC. The fourth-order valence-corrected chi connectivity index (χ4v) is 12.0. The second-order valence-electron chi connectivity index (χ2n) is 26.6. The van der Waals surface area contributed by atoms with Gasteiger partial charge in [0, 0.05) is 25.7 Å². The van der Waals surface area contributed by atoms with E-state index in [9.17, 15) is 43.2 Å². The zero-order valence-corrected chi connectivity index (χ0v) is 67.8. The first kappa shape index (κ1) is 101. The molecule has 0 radical (unpaired) electrons. The van der Waals surface area contributed by atoms with Crippen LogP contribution in [0, 0.1) is 0 Å². The first-order valence-corrected chi connectivity index (χ1v) is 43.7. The molecule has 0 bridgehead atoms. The Bertz CT molecular complexity index is 2630. The van der Waals surface area contributed by atoms with Crippen LogP contribution in [0.3, 0.4) is 0 Å². The summed E-state index contributed by atoms with van der Waals surface area (Å²) in [5, 5.41) is 10.7. The molecule has 0 heterocycles. The topological polar surface area (TPSA) is 237 Å². The second-order valence-corrected chi connectivity index (χ2v) is 29.5. The van der Waals surface area contributed by atoms with Crippen LogP contribution < -0.4 is 0 Å². The van der Waals surface area contributed by atoms with Crippen LogP contribution in [-0.2, 0) is 65.4 Å². The van der Waals surface area contributed by atoms with Crippen molar-refractivity contribution in [1.82, 2.24) is 0 Å². The number of phosphoric acid groups is 2. The summed E-state index contributed by atoms with van der Waals surface area (Å²) in [4.78, 5) is 73.1. The first-order valence-electron chi connectivity index (χ1n) is 40.7. The Morgan fingerprint density at radius 1 is 0.274 bits per heavy atom. The molecule has 604 valence electrons. The van der Waals surface area contributed by atoms with Gasteiger partial charge in [0.1, 0.15) is 19.3 Å². The van der Waals surface area contributed by atoms with Crippen LogP contribution in [0.5, 0.6) is 0 Å². The van der Waals surface area contributed by atoms with Crippen LogP contribution in [-0.4, -0.2) is 96.7 Å². The van der Waals surface area contributed by atoms with Crippen molar-refractivity contribution in [3.05, 3.63) is 158 Å². The fraction of sp³-hybridized carbons (Fsp3) is 0.655. The lowest BCUT2D eigenvalue weighted by Gasteiger charge is -2.21. The Morgan fingerprint density at radius 3 is 0.802 bits per heavy atom. The Labute approximate surface area is 642 Å². The zero-order chi connectivity index (χ0) is 77.4. The number of hydrogen-bond acceptors (Lipinski definition) is 15. The van der Waals surface area contributed by atoms with Crippen LogP contribution in [0.25, 0.3) is 0 Å². The number of allylic oxidation sites excluding steroid dienone is 26. The molecule has 3 N–H and O–H groups in total. The summed E-state index contributed by atoms with van der Waals surface area (Å²) in [5.41, 5.74) is 0. The number of carbonyl (C=O) groups is 4. The molecule has 0 fully saturated rings. The number of rotatable bonds is 75. The molecular weight excluding hydrogens is 1380 g/mol. The van der Waals surface area contributed by atoms with Gasteiger partial charge < -0.3 is 33.8 Å². The minimum atomic E-state index is -5.00. The van der Waals surface area contributed by atoms with E-state index in [0.717, 1.165) is 161 Å². The smallest absolute Gasteiger partial charge is 0.462 e. The van der Waals surface area contributed by atoms with Gasteiger partial charge >= 0.3 is 39.5 Å². The molecular formula is C87H144O17P2. The number of hydrogen-bond donors (Lipinski definition) is 3. The van der Waals surface area contributed by atoms with E-state index >= 15 is 0 Å². The number of esters is 4.